The number of carbonyl (C=O) groups excluding carboxylic acids is 1. The molecule has 1 aliphatic heterocycles. The van der Waals surface area contributed by atoms with E-state index in [1.807, 2.05) is 0 Å². The lowest BCUT2D eigenvalue weighted by Crippen LogP contribution is -2.36. The zero-order chi connectivity index (χ0) is 17.6. The highest BCUT2D eigenvalue weighted by molar-refractivity contribution is 5.90. The molecule has 1 heterocycles. The molecule has 1 fully saturated rings. The summed E-state index contributed by atoms with van der Waals surface area (Å²) in [6, 6.07) is 0. The fraction of sp³-hybridized carbons (Fsp3) is 0.778. The van der Waals surface area contributed by atoms with Gasteiger partial charge in [-0.2, -0.15) is 0 Å². The number of ether oxygens (including phenoxy) is 2. The first-order valence-corrected chi connectivity index (χ1v) is 9.03. The van der Waals surface area contributed by atoms with E-state index >= 15 is 0 Å². The lowest BCUT2D eigenvalue weighted by molar-refractivity contribution is -0.144. The van der Waals surface area contributed by atoms with E-state index in [4.69, 9.17) is 14.6 Å². The zero-order valence-electron chi connectivity index (χ0n) is 14.7. The van der Waals surface area contributed by atoms with E-state index in [0.29, 0.717) is 0 Å². The van der Waals surface area contributed by atoms with E-state index in [1.54, 1.807) is 0 Å². The molecular weight excluding hydrogens is 310 g/mol. The number of carboxylic acid groups (broad SMARTS) is 1. The Kier molecular flexibility index (Phi) is 11.1. The first-order chi connectivity index (χ1) is 11.6. The van der Waals surface area contributed by atoms with Crippen molar-refractivity contribution >= 4 is 11.9 Å². The smallest absolute Gasteiger partial charge is 0.331 e. The van der Waals surface area contributed by atoms with Gasteiger partial charge in [-0.15, -0.1) is 0 Å². The fourth-order valence-electron chi connectivity index (χ4n) is 2.75. The first-order valence-electron chi connectivity index (χ1n) is 9.03. The second-order valence-corrected chi connectivity index (χ2v) is 6.18. The number of hydrogen-bond donors (Lipinski definition) is 1. The van der Waals surface area contributed by atoms with Gasteiger partial charge in [-0.3, -0.25) is 4.90 Å². The van der Waals surface area contributed by atoms with Crippen LogP contribution in [0, 0.1) is 0 Å². The molecule has 138 valence electrons. The summed E-state index contributed by atoms with van der Waals surface area (Å²) in [5, 5.41) is 8.54. The molecule has 1 N–H and O–H groups in total. The van der Waals surface area contributed by atoms with Crippen molar-refractivity contribution in [1.82, 2.24) is 4.90 Å². The largest absolute Gasteiger partial charge is 0.478 e. The molecule has 0 aromatic carbocycles. The maximum atomic E-state index is 11.6. The second-order valence-electron chi connectivity index (χ2n) is 6.18. The van der Waals surface area contributed by atoms with Crippen LogP contribution in [-0.2, 0) is 19.1 Å². The van der Waals surface area contributed by atoms with Gasteiger partial charge in [-0.25, -0.2) is 9.59 Å². The van der Waals surface area contributed by atoms with Crippen LogP contribution in [0.15, 0.2) is 12.2 Å². The molecule has 0 saturated carbocycles. The summed E-state index contributed by atoms with van der Waals surface area (Å²) in [6.45, 7) is 6.91. The minimum Gasteiger partial charge on any atom is -0.478 e. The van der Waals surface area contributed by atoms with Crippen LogP contribution in [0.4, 0.5) is 0 Å². The molecule has 1 rings (SSSR count). The second kappa shape index (κ2) is 13.0. The summed E-state index contributed by atoms with van der Waals surface area (Å²) in [6.07, 6.45) is 8.72. The van der Waals surface area contributed by atoms with E-state index in [1.165, 1.54) is 0 Å². The molecule has 6 nitrogen and oxygen atoms in total. The van der Waals surface area contributed by atoms with E-state index in [9.17, 15) is 9.59 Å². The number of carbonyl (C=O) groups is 2. The van der Waals surface area contributed by atoms with Crippen molar-refractivity contribution in [3.05, 3.63) is 12.2 Å². The third-order valence-corrected chi connectivity index (χ3v) is 4.13. The number of nitrogens with zero attached hydrogens (tertiary/aromatic N) is 1. The van der Waals surface area contributed by atoms with Gasteiger partial charge >= 0.3 is 11.9 Å². The van der Waals surface area contributed by atoms with Gasteiger partial charge in [0.2, 0.25) is 0 Å². The van der Waals surface area contributed by atoms with Gasteiger partial charge in [0.1, 0.15) is 6.10 Å². The summed E-state index contributed by atoms with van der Waals surface area (Å²) >= 11 is 0. The van der Waals surface area contributed by atoms with Crippen LogP contribution in [0.3, 0.4) is 0 Å². The van der Waals surface area contributed by atoms with Crippen LogP contribution in [0.5, 0.6) is 0 Å². The number of esters is 1. The maximum Gasteiger partial charge on any atom is 0.331 e. The molecule has 0 spiro atoms. The van der Waals surface area contributed by atoms with Gasteiger partial charge in [0, 0.05) is 25.2 Å². The van der Waals surface area contributed by atoms with E-state index < -0.39 is 11.9 Å². The Morgan fingerprint density at radius 3 is 2.50 bits per heavy atom. The quantitative estimate of drug-likeness (QED) is 0.334. The molecule has 1 unspecified atom stereocenters. The molecule has 1 atom stereocenters. The number of hydrogen-bond acceptors (Lipinski definition) is 5. The van der Waals surface area contributed by atoms with E-state index in [-0.39, 0.29) is 6.10 Å². The molecular formula is C18H31NO5. The molecule has 1 aliphatic rings. The van der Waals surface area contributed by atoms with Crippen LogP contribution in [0.25, 0.3) is 0 Å². The van der Waals surface area contributed by atoms with Gasteiger partial charge in [0.25, 0.3) is 0 Å². The lowest BCUT2D eigenvalue weighted by atomic mass is 10.0. The molecule has 0 radical (unpaired) electrons. The minimum absolute atomic E-state index is 0.112. The standard InChI is InChI=1S/C18H31NO5/c1-2-3-7-16(24-18(22)10-9-17(20)21)8-5-4-6-11-19-12-14-23-15-13-19/h9-10,16H,2-8,11-15H2,1H3,(H,20,21). The summed E-state index contributed by atoms with van der Waals surface area (Å²) in [7, 11) is 0. The van der Waals surface area contributed by atoms with Crippen LogP contribution in [-0.4, -0.2) is 60.9 Å². The highest BCUT2D eigenvalue weighted by Crippen LogP contribution is 2.14. The van der Waals surface area contributed by atoms with Gasteiger partial charge in [-0.1, -0.05) is 26.2 Å². The summed E-state index contributed by atoms with van der Waals surface area (Å²) in [5.41, 5.74) is 0. The average molecular weight is 341 g/mol. The molecule has 0 bridgehead atoms. The number of carboxylic acids is 1. The van der Waals surface area contributed by atoms with Crippen molar-refractivity contribution in [2.45, 2.75) is 58.0 Å². The highest BCUT2D eigenvalue weighted by atomic mass is 16.5. The van der Waals surface area contributed by atoms with Crippen molar-refractivity contribution in [3.63, 3.8) is 0 Å². The van der Waals surface area contributed by atoms with Gasteiger partial charge in [0.05, 0.1) is 13.2 Å². The molecule has 1 saturated heterocycles. The number of unbranched alkanes of at least 4 members (excludes halogenated alkanes) is 3. The maximum absolute atomic E-state index is 11.6. The molecule has 6 heteroatoms. The first kappa shape index (κ1) is 20.6. The highest BCUT2D eigenvalue weighted by Gasteiger charge is 2.13. The lowest BCUT2D eigenvalue weighted by Gasteiger charge is -2.26. The van der Waals surface area contributed by atoms with Crippen molar-refractivity contribution < 1.29 is 24.2 Å². The summed E-state index contributed by atoms with van der Waals surface area (Å²) in [5.74, 6) is -1.70. The summed E-state index contributed by atoms with van der Waals surface area (Å²) < 4.78 is 10.7. The van der Waals surface area contributed by atoms with Crippen LogP contribution in [0.2, 0.25) is 0 Å². The third kappa shape index (κ3) is 10.4. The van der Waals surface area contributed by atoms with E-state index in [2.05, 4.69) is 11.8 Å². The van der Waals surface area contributed by atoms with Crippen LogP contribution < -0.4 is 0 Å². The Balaban J connectivity index is 2.21. The summed E-state index contributed by atoms with van der Waals surface area (Å²) in [4.78, 5) is 24.5. The SMILES string of the molecule is CCCCC(CCCCCN1CCOCC1)OC(=O)C=CC(=O)O. The Bertz CT molecular complexity index is 391. The normalized spacial score (nSPS) is 17.0. The fourth-order valence-corrected chi connectivity index (χ4v) is 2.75. The number of aliphatic carboxylic acids is 1. The van der Waals surface area contributed by atoms with Crippen molar-refractivity contribution in [2.24, 2.45) is 0 Å². The molecule has 0 amide bonds. The van der Waals surface area contributed by atoms with Crippen molar-refractivity contribution in [1.29, 1.82) is 0 Å². The molecule has 0 aromatic rings. The molecule has 0 aromatic heterocycles. The predicted octanol–water partition coefficient (Wildman–Crippen LogP) is 2.62. The number of rotatable bonds is 12. The number of morpholine rings is 1. The minimum atomic E-state index is -1.14. The average Bonchev–Trinajstić information content (AvgIpc) is 2.58. The molecule has 0 aliphatic carbocycles. The Labute approximate surface area is 144 Å². The van der Waals surface area contributed by atoms with E-state index in [0.717, 1.165) is 89.9 Å². The topological polar surface area (TPSA) is 76.1 Å². The Hall–Kier alpha value is -1.40. The van der Waals surface area contributed by atoms with Gasteiger partial charge < -0.3 is 14.6 Å². The Morgan fingerprint density at radius 2 is 1.83 bits per heavy atom. The van der Waals surface area contributed by atoms with Crippen LogP contribution in [0.1, 0.15) is 51.9 Å². The monoisotopic (exact) mass is 341 g/mol. The predicted molar refractivity (Wildman–Crippen MR) is 91.9 cm³/mol. The Morgan fingerprint density at radius 1 is 1.12 bits per heavy atom. The third-order valence-electron chi connectivity index (χ3n) is 4.13. The van der Waals surface area contributed by atoms with Gasteiger partial charge in [0.15, 0.2) is 0 Å². The van der Waals surface area contributed by atoms with Gasteiger partial charge in [-0.05, 0) is 32.2 Å². The molecule has 24 heavy (non-hydrogen) atoms. The zero-order valence-corrected chi connectivity index (χ0v) is 14.7. The van der Waals surface area contributed by atoms with Crippen molar-refractivity contribution in [2.75, 3.05) is 32.8 Å². The van der Waals surface area contributed by atoms with Crippen molar-refractivity contribution in [3.8, 4) is 0 Å². The van der Waals surface area contributed by atoms with Crippen LogP contribution >= 0.6 is 0 Å².